The van der Waals surface area contributed by atoms with Crippen molar-refractivity contribution in [2.24, 2.45) is 11.7 Å². The van der Waals surface area contributed by atoms with Crippen molar-refractivity contribution in [2.75, 3.05) is 0 Å². The van der Waals surface area contributed by atoms with Crippen LogP contribution in [0, 0.1) is 11.7 Å². The van der Waals surface area contributed by atoms with Gasteiger partial charge in [0.2, 0.25) is 0 Å². The highest BCUT2D eigenvalue weighted by molar-refractivity contribution is 9.10. The monoisotopic (exact) mass is 273 g/mol. The van der Waals surface area contributed by atoms with E-state index in [2.05, 4.69) is 15.9 Å². The number of aliphatic hydroxyl groups is 1. The van der Waals surface area contributed by atoms with Crippen LogP contribution in [0.5, 0.6) is 0 Å². The molecule has 0 aromatic heterocycles. The van der Waals surface area contributed by atoms with E-state index in [0.717, 1.165) is 4.47 Å². The quantitative estimate of drug-likeness (QED) is 0.868. The second-order valence-electron chi connectivity index (χ2n) is 4.32. The third kappa shape index (κ3) is 1.94. The molecule has 4 heteroatoms. The van der Waals surface area contributed by atoms with Gasteiger partial charge in [0, 0.05) is 21.5 Å². The van der Waals surface area contributed by atoms with Crippen molar-refractivity contribution in [3.05, 3.63) is 34.1 Å². The molecule has 1 aliphatic rings. The maximum Gasteiger partial charge on any atom is 0.128 e. The molecule has 1 fully saturated rings. The molecule has 1 aliphatic carbocycles. The summed E-state index contributed by atoms with van der Waals surface area (Å²) in [5.74, 6) is -0.358. The van der Waals surface area contributed by atoms with Crippen LogP contribution in [0.2, 0.25) is 0 Å². The van der Waals surface area contributed by atoms with Gasteiger partial charge in [-0.05, 0) is 31.5 Å². The topological polar surface area (TPSA) is 46.2 Å². The van der Waals surface area contributed by atoms with Crippen LogP contribution in [0.3, 0.4) is 0 Å². The van der Waals surface area contributed by atoms with Crippen molar-refractivity contribution in [2.45, 2.75) is 25.0 Å². The number of hydrogen-bond acceptors (Lipinski definition) is 2. The Hall–Kier alpha value is -0.450. The number of halogens is 2. The fourth-order valence-corrected chi connectivity index (χ4v) is 2.30. The van der Waals surface area contributed by atoms with Gasteiger partial charge in [-0.25, -0.2) is 4.39 Å². The van der Waals surface area contributed by atoms with Crippen molar-refractivity contribution >= 4 is 15.9 Å². The smallest absolute Gasteiger partial charge is 0.128 e. The van der Waals surface area contributed by atoms with Gasteiger partial charge in [-0.3, -0.25) is 0 Å². The van der Waals surface area contributed by atoms with Crippen LogP contribution < -0.4 is 5.73 Å². The largest absolute Gasteiger partial charge is 0.393 e. The second kappa shape index (κ2) is 3.54. The van der Waals surface area contributed by atoms with Gasteiger partial charge in [-0.2, -0.15) is 0 Å². The van der Waals surface area contributed by atoms with Crippen LogP contribution >= 0.6 is 15.9 Å². The lowest BCUT2D eigenvalue weighted by molar-refractivity contribution is 0.228. The van der Waals surface area contributed by atoms with Gasteiger partial charge in [0.1, 0.15) is 5.82 Å². The van der Waals surface area contributed by atoms with E-state index in [1.807, 2.05) is 0 Å². The Labute approximate surface area is 96.4 Å². The Kier molecular flexibility index (Phi) is 2.61. The molecule has 0 bridgehead atoms. The van der Waals surface area contributed by atoms with E-state index in [1.165, 1.54) is 6.07 Å². The number of rotatable bonds is 2. The van der Waals surface area contributed by atoms with Gasteiger partial charge in [0.25, 0.3) is 0 Å². The predicted molar refractivity (Wildman–Crippen MR) is 59.8 cm³/mol. The molecule has 0 saturated heterocycles. The summed E-state index contributed by atoms with van der Waals surface area (Å²) >= 11 is 3.29. The van der Waals surface area contributed by atoms with Crippen LogP contribution in [0.4, 0.5) is 4.39 Å². The predicted octanol–water partition coefficient (Wildman–Crippen LogP) is 2.14. The molecule has 1 saturated carbocycles. The van der Waals surface area contributed by atoms with Crippen molar-refractivity contribution in [1.82, 2.24) is 0 Å². The Morgan fingerprint density at radius 2 is 2.20 bits per heavy atom. The third-order valence-electron chi connectivity index (χ3n) is 3.04. The fourth-order valence-electron chi connectivity index (χ4n) is 1.94. The van der Waals surface area contributed by atoms with Crippen molar-refractivity contribution in [3.63, 3.8) is 0 Å². The van der Waals surface area contributed by atoms with Crippen LogP contribution in [0.15, 0.2) is 22.7 Å². The van der Waals surface area contributed by atoms with Gasteiger partial charge >= 0.3 is 0 Å². The summed E-state index contributed by atoms with van der Waals surface area (Å²) in [6.45, 7) is 1.76. The Morgan fingerprint density at radius 3 is 2.73 bits per heavy atom. The third-order valence-corrected chi connectivity index (χ3v) is 3.53. The van der Waals surface area contributed by atoms with E-state index in [1.54, 1.807) is 19.1 Å². The van der Waals surface area contributed by atoms with E-state index < -0.39 is 11.6 Å². The van der Waals surface area contributed by atoms with Crippen LogP contribution in [-0.4, -0.2) is 11.2 Å². The normalized spacial score (nSPS) is 28.6. The summed E-state index contributed by atoms with van der Waals surface area (Å²) in [5, 5.41) is 9.37. The van der Waals surface area contributed by atoms with Crippen LogP contribution in [0.25, 0.3) is 0 Å². The molecule has 2 unspecified atom stereocenters. The van der Waals surface area contributed by atoms with Gasteiger partial charge in [-0.1, -0.05) is 15.9 Å². The first-order valence-electron chi connectivity index (χ1n) is 4.85. The maximum atomic E-state index is 13.6. The van der Waals surface area contributed by atoms with E-state index in [-0.39, 0.29) is 11.7 Å². The molecule has 0 spiro atoms. The fraction of sp³-hybridized carbons (Fsp3) is 0.455. The summed E-state index contributed by atoms with van der Waals surface area (Å²) in [7, 11) is 0. The lowest BCUT2D eigenvalue weighted by Crippen LogP contribution is -2.37. The van der Waals surface area contributed by atoms with E-state index in [0.29, 0.717) is 12.0 Å². The number of aliphatic hydroxyl groups excluding tert-OH is 1. The maximum absolute atomic E-state index is 13.6. The zero-order valence-electron chi connectivity index (χ0n) is 8.37. The summed E-state index contributed by atoms with van der Waals surface area (Å²) in [4.78, 5) is 0. The summed E-state index contributed by atoms with van der Waals surface area (Å²) < 4.78 is 14.4. The average Bonchev–Trinajstić information content (AvgIpc) is 2.87. The van der Waals surface area contributed by atoms with Crippen molar-refractivity contribution < 1.29 is 9.50 Å². The zero-order chi connectivity index (χ0) is 11.2. The Bertz CT molecular complexity index is 394. The van der Waals surface area contributed by atoms with Crippen LogP contribution in [-0.2, 0) is 5.54 Å². The first kappa shape index (κ1) is 11.0. The molecular weight excluding hydrogens is 261 g/mol. The van der Waals surface area contributed by atoms with E-state index in [4.69, 9.17) is 5.73 Å². The molecule has 2 nitrogen and oxygen atoms in total. The van der Waals surface area contributed by atoms with Gasteiger partial charge in [0.15, 0.2) is 0 Å². The molecule has 1 aromatic carbocycles. The minimum atomic E-state index is -0.798. The first-order valence-corrected chi connectivity index (χ1v) is 5.64. The molecule has 1 aromatic rings. The molecule has 0 heterocycles. The Morgan fingerprint density at radius 1 is 1.60 bits per heavy atom. The summed E-state index contributed by atoms with van der Waals surface area (Å²) in [5.41, 5.74) is 5.74. The summed E-state index contributed by atoms with van der Waals surface area (Å²) in [6.07, 6.45) is 0.261. The van der Waals surface area contributed by atoms with Crippen molar-refractivity contribution in [3.8, 4) is 0 Å². The SMILES string of the molecule is CC(N)(c1cc(Br)ccc1F)C1C[C@@H]1O. The van der Waals surface area contributed by atoms with Gasteiger partial charge in [-0.15, -0.1) is 0 Å². The molecule has 82 valence electrons. The zero-order valence-corrected chi connectivity index (χ0v) is 9.96. The second-order valence-corrected chi connectivity index (χ2v) is 5.23. The number of hydrogen-bond donors (Lipinski definition) is 2. The molecule has 2 rings (SSSR count). The lowest BCUT2D eigenvalue weighted by Gasteiger charge is -2.25. The highest BCUT2D eigenvalue weighted by Crippen LogP contribution is 2.45. The van der Waals surface area contributed by atoms with E-state index in [9.17, 15) is 9.50 Å². The molecule has 3 N–H and O–H groups in total. The first-order chi connectivity index (χ1) is 6.93. The highest BCUT2D eigenvalue weighted by Gasteiger charge is 2.49. The molecule has 0 radical (unpaired) electrons. The van der Waals surface area contributed by atoms with Crippen LogP contribution in [0.1, 0.15) is 18.9 Å². The molecule has 0 aliphatic heterocycles. The minimum Gasteiger partial charge on any atom is -0.393 e. The van der Waals surface area contributed by atoms with Crippen molar-refractivity contribution in [1.29, 1.82) is 0 Å². The molecule has 15 heavy (non-hydrogen) atoms. The average molecular weight is 274 g/mol. The van der Waals surface area contributed by atoms with Gasteiger partial charge in [0.05, 0.1) is 6.10 Å². The van der Waals surface area contributed by atoms with E-state index >= 15 is 0 Å². The lowest BCUT2D eigenvalue weighted by atomic mass is 9.87. The Balaban J connectivity index is 2.39. The number of benzene rings is 1. The highest BCUT2D eigenvalue weighted by atomic mass is 79.9. The molecule has 3 atom stereocenters. The standard InChI is InChI=1S/C11H13BrFNO/c1-11(14,8-5-10(8)15)7-4-6(12)2-3-9(7)13/h2-4,8,10,15H,5,14H2,1H3/t8?,10-,11?/m0/s1. The van der Waals surface area contributed by atoms with Gasteiger partial charge < -0.3 is 10.8 Å². The molecule has 0 amide bonds. The number of nitrogens with two attached hydrogens (primary N) is 1. The summed E-state index contributed by atoms with van der Waals surface area (Å²) in [6, 6.07) is 4.71. The minimum absolute atomic E-state index is 0.0405. The molecular formula is C11H13BrFNO.